The molecule has 0 spiro atoms. The summed E-state index contributed by atoms with van der Waals surface area (Å²) < 4.78 is 10.2. The minimum atomic E-state index is -0.714. The Morgan fingerprint density at radius 1 is 1.41 bits per heavy atom. The van der Waals surface area contributed by atoms with Gasteiger partial charge in [0.1, 0.15) is 6.04 Å². The summed E-state index contributed by atoms with van der Waals surface area (Å²) in [6, 6.07) is -0.343. The lowest BCUT2D eigenvalue weighted by molar-refractivity contribution is -0.145. The predicted molar refractivity (Wildman–Crippen MR) is 64.1 cm³/mol. The molecule has 100 valence electrons. The molecule has 0 aromatic heterocycles. The molecule has 2 atom stereocenters. The molecule has 0 aromatic carbocycles. The van der Waals surface area contributed by atoms with Gasteiger partial charge in [-0.2, -0.15) is 0 Å². The summed E-state index contributed by atoms with van der Waals surface area (Å²) in [6.07, 6.45) is 1.81. The van der Waals surface area contributed by atoms with Crippen LogP contribution >= 0.6 is 0 Å². The van der Waals surface area contributed by atoms with E-state index in [0.717, 1.165) is 19.4 Å². The van der Waals surface area contributed by atoms with E-state index in [4.69, 9.17) is 14.6 Å². The number of hydrogen-bond acceptors (Lipinski definition) is 4. The molecule has 2 unspecified atom stereocenters. The fourth-order valence-electron chi connectivity index (χ4n) is 2.14. The third kappa shape index (κ3) is 5.02. The monoisotopic (exact) mass is 245 g/mol. The first-order valence-electron chi connectivity index (χ1n) is 6.18. The van der Waals surface area contributed by atoms with Crippen LogP contribution in [0.25, 0.3) is 0 Å². The van der Waals surface area contributed by atoms with Crippen molar-refractivity contribution in [3.63, 3.8) is 0 Å². The van der Waals surface area contributed by atoms with E-state index in [1.54, 1.807) is 7.11 Å². The van der Waals surface area contributed by atoms with Crippen molar-refractivity contribution in [1.82, 2.24) is 4.90 Å². The first-order chi connectivity index (χ1) is 8.15. The average Bonchev–Trinajstić information content (AvgIpc) is 2.30. The molecule has 0 radical (unpaired) electrons. The molecule has 0 bridgehead atoms. The number of methoxy groups -OCH3 is 1. The molecule has 5 heteroatoms. The van der Waals surface area contributed by atoms with Crippen LogP contribution < -0.4 is 0 Å². The fourth-order valence-corrected chi connectivity index (χ4v) is 2.14. The van der Waals surface area contributed by atoms with Crippen LogP contribution in [0.2, 0.25) is 0 Å². The van der Waals surface area contributed by atoms with Crippen LogP contribution in [0.1, 0.15) is 19.8 Å². The third-order valence-electron chi connectivity index (χ3n) is 3.22. The van der Waals surface area contributed by atoms with Gasteiger partial charge >= 0.3 is 5.97 Å². The number of aliphatic carboxylic acids is 1. The van der Waals surface area contributed by atoms with Crippen LogP contribution in [0.5, 0.6) is 0 Å². The van der Waals surface area contributed by atoms with Crippen LogP contribution in [-0.2, 0) is 14.3 Å². The highest BCUT2D eigenvalue weighted by molar-refractivity contribution is 5.73. The SMILES string of the molecule is COCCOCCN1CCC(C)CC1C(=O)O. The quantitative estimate of drug-likeness (QED) is 0.673. The first-order valence-corrected chi connectivity index (χ1v) is 6.18. The zero-order valence-corrected chi connectivity index (χ0v) is 10.7. The van der Waals surface area contributed by atoms with Crippen molar-refractivity contribution in [3.05, 3.63) is 0 Å². The summed E-state index contributed by atoms with van der Waals surface area (Å²) >= 11 is 0. The lowest BCUT2D eigenvalue weighted by Gasteiger charge is -2.35. The van der Waals surface area contributed by atoms with Crippen molar-refractivity contribution in [2.24, 2.45) is 5.92 Å². The Labute approximate surface area is 103 Å². The molecule has 0 aliphatic carbocycles. The van der Waals surface area contributed by atoms with Gasteiger partial charge in [0.2, 0.25) is 0 Å². The Kier molecular flexibility index (Phi) is 6.47. The van der Waals surface area contributed by atoms with Crippen LogP contribution in [0.15, 0.2) is 0 Å². The molecule has 0 aromatic rings. The molecule has 1 saturated heterocycles. The standard InChI is InChI=1S/C12H23NO4/c1-10-3-4-13(11(9-10)12(14)15)5-6-17-8-7-16-2/h10-11H,3-9H2,1-2H3,(H,14,15). The number of piperidine rings is 1. The zero-order chi connectivity index (χ0) is 12.7. The molecule has 1 rings (SSSR count). The Morgan fingerprint density at radius 3 is 2.82 bits per heavy atom. The van der Waals surface area contributed by atoms with Gasteiger partial charge in [0.15, 0.2) is 0 Å². The molecule has 1 heterocycles. The van der Waals surface area contributed by atoms with E-state index in [-0.39, 0.29) is 6.04 Å². The molecule has 17 heavy (non-hydrogen) atoms. The normalized spacial score (nSPS) is 26.0. The van der Waals surface area contributed by atoms with Crippen LogP contribution in [0.4, 0.5) is 0 Å². The Balaban J connectivity index is 2.27. The molecule has 5 nitrogen and oxygen atoms in total. The number of carboxylic acid groups (broad SMARTS) is 1. The van der Waals surface area contributed by atoms with Crippen LogP contribution in [0, 0.1) is 5.92 Å². The van der Waals surface area contributed by atoms with Crippen molar-refractivity contribution in [1.29, 1.82) is 0 Å². The zero-order valence-electron chi connectivity index (χ0n) is 10.7. The Morgan fingerprint density at radius 2 is 2.18 bits per heavy atom. The smallest absolute Gasteiger partial charge is 0.320 e. The molecular weight excluding hydrogens is 222 g/mol. The highest BCUT2D eigenvalue weighted by Gasteiger charge is 2.31. The maximum absolute atomic E-state index is 11.1. The van der Waals surface area contributed by atoms with Gasteiger partial charge in [0.25, 0.3) is 0 Å². The summed E-state index contributed by atoms with van der Waals surface area (Å²) in [6.45, 7) is 5.38. The minimum Gasteiger partial charge on any atom is -0.480 e. The average molecular weight is 245 g/mol. The second kappa shape index (κ2) is 7.63. The number of carbonyl (C=O) groups is 1. The highest BCUT2D eigenvalue weighted by Crippen LogP contribution is 2.22. The van der Waals surface area contributed by atoms with Gasteiger partial charge in [0, 0.05) is 13.7 Å². The maximum atomic E-state index is 11.1. The summed E-state index contributed by atoms with van der Waals surface area (Å²) in [4.78, 5) is 13.2. The van der Waals surface area contributed by atoms with Gasteiger partial charge in [-0.1, -0.05) is 6.92 Å². The highest BCUT2D eigenvalue weighted by atomic mass is 16.5. The molecular formula is C12H23NO4. The molecule has 1 aliphatic heterocycles. The van der Waals surface area contributed by atoms with Gasteiger partial charge in [-0.3, -0.25) is 9.69 Å². The second-order valence-electron chi connectivity index (χ2n) is 4.62. The van der Waals surface area contributed by atoms with E-state index >= 15 is 0 Å². The predicted octanol–water partition coefficient (Wildman–Crippen LogP) is 0.835. The topological polar surface area (TPSA) is 59.0 Å². The Hall–Kier alpha value is -0.650. The molecule has 1 aliphatic rings. The molecule has 0 amide bonds. The lowest BCUT2D eigenvalue weighted by atomic mass is 9.92. The van der Waals surface area contributed by atoms with E-state index in [0.29, 0.717) is 32.3 Å². The fraction of sp³-hybridized carbons (Fsp3) is 0.917. The molecule has 1 N–H and O–H groups in total. The van der Waals surface area contributed by atoms with Crippen molar-refractivity contribution in [2.45, 2.75) is 25.8 Å². The molecule has 1 fully saturated rings. The number of carboxylic acids is 1. The third-order valence-corrected chi connectivity index (χ3v) is 3.22. The van der Waals surface area contributed by atoms with E-state index in [1.165, 1.54) is 0 Å². The van der Waals surface area contributed by atoms with Crippen LogP contribution in [0.3, 0.4) is 0 Å². The van der Waals surface area contributed by atoms with Gasteiger partial charge in [0.05, 0.1) is 19.8 Å². The van der Waals surface area contributed by atoms with Gasteiger partial charge < -0.3 is 14.6 Å². The van der Waals surface area contributed by atoms with E-state index in [2.05, 4.69) is 6.92 Å². The summed E-state index contributed by atoms with van der Waals surface area (Å²) in [5, 5.41) is 9.16. The maximum Gasteiger partial charge on any atom is 0.320 e. The molecule has 0 saturated carbocycles. The summed E-state index contributed by atoms with van der Waals surface area (Å²) in [5.41, 5.74) is 0. The number of likely N-dealkylation sites (tertiary alicyclic amines) is 1. The van der Waals surface area contributed by atoms with Gasteiger partial charge in [-0.15, -0.1) is 0 Å². The number of nitrogens with zero attached hydrogens (tertiary/aromatic N) is 1. The largest absolute Gasteiger partial charge is 0.480 e. The van der Waals surface area contributed by atoms with Crippen molar-refractivity contribution < 1.29 is 19.4 Å². The lowest BCUT2D eigenvalue weighted by Crippen LogP contribution is -2.48. The first kappa shape index (κ1) is 14.4. The van der Waals surface area contributed by atoms with E-state index < -0.39 is 5.97 Å². The second-order valence-corrected chi connectivity index (χ2v) is 4.62. The summed E-state index contributed by atoms with van der Waals surface area (Å²) in [7, 11) is 1.63. The van der Waals surface area contributed by atoms with Crippen molar-refractivity contribution in [2.75, 3.05) is 40.0 Å². The Bertz CT molecular complexity index is 235. The summed E-state index contributed by atoms with van der Waals surface area (Å²) in [5.74, 6) is -0.213. The van der Waals surface area contributed by atoms with Crippen molar-refractivity contribution in [3.8, 4) is 0 Å². The minimum absolute atomic E-state index is 0.343. The van der Waals surface area contributed by atoms with E-state index in [9.17, 15) is 4.79 Å². The number of rotatable bonds is 7. The van der Waals surface area contributed by atoms with E-state index in [1.807, 2.05) is 4.90 Å². The van der Waals surface area contributed by atoms with Gasteiger partial charge in [-0.25, -0.2) is 0 Å². The number of hydrogen-bond donors (Lipinski definition) is 1. The van der Waals surface area contributed by atoms with Crippen molar-refractivity contribution >= 4 is 5.97 Å². The van der Waals surface area contributed by atoms with Crippen LogP contribution in [-0.4, -0.2) is 62.0 Å². The number of ether oxygens (including phenoxy) is 2. The van der Waals surface area contributed by atoms with Gasteiger partial charge in [-0.05, 0) is 25.3 Å².